The lowest BCUT2D eigenvalue weighted by Crippen LogP contribution is -2.42. The summed E-state index contributed by atoms with van der Waals surface area (Å²) >= 11 is 1.29. The molecule has 17 heavy (non-hydrogen) atoms. The van der Waals surface area contributed by atoms with Crippen molar-refractivity contribution in [2.24, 2.45) is 11.1 Å². The Bertz CT molecular complexity index is 428. The number of nitrogens with two attached hydrogens (primary N) is 2. The Hall–Kier alpha value is -1.63. The first-order chi connectivity index (χ1) is 7.81. The van der Waals surface area contributed by atoms with Crippen LogP contribution in [0, 0.1) is 5.41 Å². The van der Waals surface area contributed by atoms with Gasteiger partial charge < -0.3 is 16.8 Å². The number of nitrogen functional groups attached to an aromatic ring is 1. The molecule has 0 saturated carbocycles. The van der Waals surface area contributed by atoms with Gasteiger partial charge in [0.1, 0.15) is 0 Å². The molecule has 1 aromatic heterocycles. The molecule has 5 N–H and O–H groups in total. The van der Waals surface area contributed by atoms with Crippen molar-refractivity contribution < 1.29 is 9.59 Å². The van der Waals surface area contributed by atoms with Crippen LogP contribution in [0.5, 0.6) is 0 Å². The van der Waals surface area contributed by atoms with Crippen molar-refractivity contribution in [3.63, 3.8) is 0 Å². The van der Waals surface area contributed by atoms with Gasteiger partial charge in [-0.25, -0.2) is 4.98 Å². The fourth-order valence-corrected chi connectivity index (χ4v) is 1.60. The fraction of sp³-hybridized carbons (Fsp3) is 0.500. The van der Waals surface area contributed by atoms with Crippen LogP contribution in [0.25, 0.3) is 0 Å². The number of aromatic nitrogens is 1. The van der Waals surface area contributed by atoms with E-state index in [-0.39, 0.29) is 18.9 Å². The number of anilines is 1. The van der Waals surface area contributed by atoms with Gasteiger partial charge in [-0.1, -0.05) is 0 Å². The number of nitrogens with one attached hydrogen (secondary N) is 1. The lowest BCUT2D eigenvalue weighted by Gasteiger charge is -2.20. The number of thiazole rings is 1. The maximum absolute atomic E-state index is 11.6. The minimum Gasteiger partial charge on any atom is -0.375 e. The Balaban J connectivity index is 2.43. The summed E-state index contributed by atoms with van der Waals surface area (Å²) in [6.07, 6.45) is 0.155. The number of nitrogens with zero attached hydrogens (tertiary/aromatic N) is 1. The van der Waals surface area contributed by atoms with Crippen LogP contribution in [0.2, 0.25) is 0 Å². The molecule has 0 aromatic carbocycles. The summed E-state index contributed by atoms with van der Waals surface area (Å²) in [6.45, 7) is 3.56. The summed E-state index contributed by atoms with van der Waals surface area (Å²) in [4.78, 5) is 26.6. The van der Waals surface area contributed by atoms with E-state index in [0.717, 1.165) is 0 Å². The minimum atomic E-state index is -0.753. The summed E-state index contributed by atoms with van der Waals surface area (Å²) in [5, 5.41) is 4.81. The molecule has 1 heterocycles. The van der Waals surface area contributed by atoms with Gasteiger partial charge in [0.25, 0.3) is 0 Å². The second kappa shape index (κ2) is 5.13. The molecular formula is C10H16N4O2S. The van der Waals surface area contributed by atoms with Crippen LogP contribution in [0.1, 0.15) is 19.5 Å². The highest BCUT2D eigenvalue weighted by Crippen LogP contribution is 2.13. The Labute approximate surface area is 103 Å². The molecule has 0 atom stereocenters. The van der Waals surface area contributed by atoms with E-state index >= 15 is 0 Å². The zero-order chi connectivity index (χ0) is 13.1. The van der Waals surface area contributed by atoms with Gasteiger partial charge in [-0.15, -0.1) is 11.3 Å². The van der Waals surface area contributed by atoms with Crippen LogP contribution in [0.4, 0.5) is 5.13 Å². The van der Waals surface area contributed by atoms with E-state index in [1.807, 2.05) is 0 Å². The first-order valence-corrected chi connectivity index (χ1v) is 5.96. The molecule has 0 fully saturated rings. The van der Waals surface area contributed by atoms with E-state index < -0.39 is 11.3 Å². The quantitative estimate of drug-likeness (QED) is 0.682. The largest absolute Gasteiger partial charge is 0.375 e. The molecule has 0 unspecified atom stereocenters. The Morgan fingerprint density at radius 2 is 2.18 bits per heavy atom. The molecule has 0 aliphatic rings. The van der Waals surface area contributed by atoms with Gasteiger partial charge in [0.2, 0.25) is 11.8 Å². The summed E-state index contributed by atoms with van der Waals surface area (Å²) < 4.78 is 0. The van der Waals surface area contributed by atoms with Crippen molar-refractivity contribution in [1.82, 2.24) is 10.3 Å². The molecule has 0 aliphatic carbocycles. The van der Waals surface area contributed by atoms with Crippen LogP contribution in [0.3, 0.4) is 0 Å². The van der Waals surface area contributed by atoms with Crippen LogP contribution >= 0.6 is 11.3 Å². The van der Waals surface area contributed by atoms with Gasteiger partial charge in [-0.05, 0) is 13.8 Å². The molecule has 94 valence electrons. The standard InChI is InChI=1S/C10H16N4O2S/c1-10(2,8(11)16)5-13-7(15)3-6-4-17-9(12)14-6/h4H,3,5H2,1-2H3,(H2,11,16)(H2,12,14)(H,13,15). The third-order valence-corrected chi connectivity index (χ3v) is 3.03. The topological polar surface area (TPSA) is 111 Å². The molecule has 0 radical (unpaired) electrons. The van der Waals surface area contributed by atoms with Gasteiger partial charge in [0.15, 0.2) is 5.13 Å². The first-order valence-electron chi connectivity index (χ1n) is 5.08. The summed E-state index contributed by atoms with van der Waals surface area (Å²) in [7, 11) is 0. The van der Waals surface area contributed by atoms with Crippen LogP contribution in [-0.4, -0.2) is 23.3 Å². The van der Waals surface area contributed by atoms with Crippen molar-refractivity contribution >= 4 is 28.3 Å². The molecular weight excluding hydrogens is 240 g/mol. The Morgan fingerprint density at radius 3 is 2.65 bits per heavy atom. The van der Waals surface area contributed by atoms with E-state index in [1.54, 1.807) is 19.2 Å². The third kappa shape index (κ3) is 4.03. The normalized spacial score (nSPS) is 11.2. The molecule has 7 heteroatoms. The summed E-state index contributed by atoms with van der Waals surface area (Å²) in [5.41, 5.74) is 10.5. The number of carbonyl (C=O) groups excluding carboxylic acids is 2. The van der Waals surface area contributed by atoms with Gasteiger partial charge in [-0.2, -0.15) is 0 Å². The highest BCUT2D eigenvalue weighted by molar-refractivity contribution is 7.13. The molecule has 6 nitrogen and oxygen atoms in total. The molecule has 1 aromatic rings. The van der Waals surface area contributed by atoms with Crippen LogP contribution < -0.4 is 16.8 Å². The summed E-state index contributed by atoms with van der Waals surface area (Å²) in [5.74, 6) is -0.652. The molecule has 0 aliphatic heterocycles. The number of primary amides is 1. The second-order valence-electron chi connectivity index (χ2n) is 4.38. The smallest absolute Gasteiger partial charge is 0.226 e. The van der Waals surface area contributed by atoms with Gasteiger partial charge in [-0.3, -0.25) is 9.59 Å². The molecule has 0 bridgehead atoms. The number of amides is 2. The van der Waals surface area contributed by atoms with Gasteiger partial charge >= 0.3 is 0 Å². The van der Waals surface area contributed by atoms with E-state index in [4.69, 9.17) is 11.5 Å². The molecule has 0 spiro atoms. The number of rotatable bonds is 5. The maximum Gasteiger partial charge on any atom is 0.226 e. The van der Waals surface area contributed by atoms with Crippen molar-refractivity contribution in [2.45, 2.75) is 20.3 Å². The zero-order valence-electron chi connectivity index (χ0n) is 9.82. The predicted octanol–water partition coefficient (Wildman–Crippen LogP) is -0.104. The monoisotopic (exact) mass is 256 g/mol. The average Bonchev–Trinajstić information content (AvgIpc) is 2.61. The van der Waals surface area contributed by atoms with E-state index in [9.17, 15) is 9.59 Å². The fourth-order valence-electron chi connectivity index (χ4n) is 1.04. The highest BCUT2D eigenvalue weighted by Gasteiger charge is 2.25. The minimum absolute atomic E-state index is 0.155. The molecule has 1 rings (SSSR count). The lowest BCUT2D eigenvalue weighted by atomic mass is 9.93. The van der Waals surface area contributed by atoms with Gasteiger partial charge in [0.05, 0.1) is 17.5 Å². The molecule has 2 amide bonds. The number of hydrogen-bond acceptors (Lipinski definition) is 5. The third-order valence-electron chi connectivity index (χ3n) is 2.31. The maximum atomic E-state index is 11.6. The number of hydrogen-bond donors (Lipinski definition) is 3. The average molecular weight is 256 g/mol. The van der Waals surface area contributed by atoms with Crippen molar-refractivity contribution in [1.29, 1.82) is 0 Å². The lowest BCUT2D eigenvalue weighted by molar-refractivity contribution is -0.126. The predicted molar refractivity (Wildman–Crippen MR) is 66.2 cm³/mol. The highest BCUT2D eigenvalue weighted by atomic mass is 32.1. The van der Waals surface area contributed by atoms with Crippen molar-refractivity contribution in [3.05, 3.63) is 11.1 Å². The number of carbonyl (C=O) groups is 2. The SMILES string of the molecule is CC(C)(CNC(=O)Cc1csc(N)n1)C(N)=O. The van der Waals surface area contributed by atoms with Gasteiger partial charge in [0, 0.05) is 11.9 Å². The van der Waals surface area contributed by atoms with Crippen molar-refractivity contribution in [3.8, 4) is 0 Å². The van der Waals surface area contributed by atoms with E-state index in [1.165, 1.54) is 11.3 Å². The Morgan fingerprint density at radius 1 is 1.53 bits per heavy atom. The zero-order valence-corrected chi connectivity index (χ0v) is 10.6. The molecule has 0 saturated heterocycles. The van der Waals surface area contributed by atoms with E-state index in [2.05, 4.69) is 10.3 Å². The second-order valence-corrected chi connectivity index (χ2v) is 5.27. The van der Waals surface area contributed by atoms with Crippen LogP contribution in [-0.2, 0) is 16.0 Å². The summed E-state index contributed by atoms with van der Waals surface area (Å²) in [6, 6.07) is 0. The van der Waals surface area contributed by atoms with E-state index in [0.29, 0.717) is 10.8 Å². The Kier molecular flexibility index (Phi) is 4.06. The first kappa shape index (κ1) is 13.4. The van der Waals surface area contributed by atoms with Crippen LogP contribution in [0.15, 0.2) is 5.38 Å². The van der Waals surface area contributed by atoms with Crippen molar-refractivity contribution in [2.75, 3.05) is 12.3 Å².